The second-order valence-corrected chi connectivity index (χ2v) is 3.97. The lowest BCUT2D eigenvalue weighted by molar-refractivity contribution is -0.140. The number of rotatable bonds is 5. The molecular formula is C12H15ClN2O3. The Hall–Kier alpha value is -1.75. The van der Waals surface area contributed by atoms with Gasteiger partial charge in [0, 0.05) is 11.9 Å². The standard InChI is InChI=1S/C12H15ClN2O3/c1-3-18-12(17)7-14-11-6-9(13)4-5-10(11)15-8(2)16/h4-6,14H,3,7H2,1-2H3,(H,15,16). The first kappa shape index (κ1) is 14.3. The third-order valence-corrected chi connectivity index (χ3v) is 2.26. The molecule has 0 aromatic heterocycles. The van der Waals surface area contributed by atoms with Crippen molar-refractivity contribution in [3.05, 3.63) is 23.2 Å². The molecule has 0 unspecified atom stereocenters. The van der Waals surface area contributed by atoms with Crippen molar-refractivity contribution in [2.24, 2.45) is 0 Å². The Labute approximate surface area is 110 Å². The van der Waals surface area contributed by atoms with Gasteiger partial charge in [0.15, 0.2) is 0 Å². The van der Waals surface area contributed by atoms with E-state index in [1.54, 1.807) is 25.1 Å². The minimum atomic E-state index is -0.369. The fourth-order valence-corrected chi connectivity index (χ4v) is 1.51. The Morgan fingerprint density at radius 1 is 1.33 bits per heavy atom. The van der Waals surface area contributed by atoms with Crippen LogP contribution in [0.3, 0.4) is 0 Å². The van der Waals surface area contributed by atoms with Crippen molar-refractivity contribution >= 4 is 34.9 Å². The molecule has 0 atom stereocenters. The highest BCUT2D eigenvalue weighted by molar-refractivity contribution is 6.31. The molecule has 0 spiro atoms. The molecule has 1 amide bonds. The molecule has 6 heteroatoms. The number of halogens is 1. The third kappa shape index (κ3) is 4.63. The van der Waals surface area contributed by atoms with Gasteiger partial charge in [0.25, 0.3) is 0 Å². The molecule has 1 aromatic rings. The number of esters is 1. The number of carbonyl (C=O) groups excluding carboxylic acids is 2. The zero-order valence-electron chi connectivity index (χ0n) is 10.2. The Bertz CT molecular complexity index is 449. The average Bonchev–Trinajstić information content (AvgIpc) is 2.29. The lowest BCUT2D eigenvalue weighted by atomic mass is 10.2. The maximum absolute atomic E-state index is 11.2. The molecule has 0 fully saturated rings. The summed E-state index contributed by atoms with van der Waals surface area (Å²) in [5.41, 5.74) is 1.14. The number of hydrogen-bond acceptors (Lipinski definition) is 4. The van der Waals surface area contributed by atoms with E-state index in [0.717, 1.165) is 0 Å². The summed E-state index contributed by atoms with van der Waals surface area (Å²) in [7, 11) is 0. The summed E-state index contributed by atoms with van der Waals surface area (Å²) < 4.78 is 4.79. The number of benzene rings is 1. The number of carbonyl (C=O) groups is 2. The van der Waals surface area contributed by atoms with Crippen molar-refractivity contribution in [2.45, 2.75) is 13.8 Å². The van der Waals surface area contributed by atoms with E-state index >= 15 is 0 Å². The second-order valence-electron chi connectivity index (χ2n) is 3.53. The summed E-state index contributed by atoms with van der Waals surface area (Å²) in [6, 6.07) is 4.95. The van der Waals surface area contributed by atoms with Crippen LogP contribution in [-0.2, 0) is 14.3 Å². The molecule has 2 N–H and O–H groups in total. The molecular weight excluding hydrogens is 256 g/mol. The van der Waals surface area contributed by atoms with Gasteiger partial charge in [0.05, 0.1) is 18.0 Å². The Morgan fingerprint density at radius 2 is 2.06 bits per heavy atom. The van der Waals surface area contributed by atoms with Crippen LogP contribution in [0.5, 0.6) is 0 Å². The zero-order valence-corrected chi connectivity index (χ0v) is 11.0. The number of amides is 1. The fourth-order valence-electron chi connectivity index (χ4n) is 1.34. The summed E-state index contributed by atoms with van der Waals surface area (Å²) in [6.07, 6.45) is 0. The molecule has 1 rings (SSSR count). The number of hydrogen-bond donors (Lipinski definition) is 2. The maximum Gasteiger partial charge on any atom is 0.325 e. The normalized spacial score (nSPS) is 9.72. The SMILES string of the molecule is CCOC(=O)CNc1cc(Cl)ccc1NC(C)=O. The van der Waals surface area contributed by atoms with Gasteiger partial charge >= 0.3 is 5.97 Å². The number of nitrogens with one attached hydrogen (secondary N) is 2. The van der Waals surface area contributed by atoms with Gasteiger partial charge in [-0.15, -0.1) is 0 Å². The van der Waals surface area contributed by atoms with E-state index in [1.807, 2.05) is 0 Å². The Kier molecular flexibility index (Phi) is 5.45. The van der Waals surface area contributed by atoms with Gasteiger partial charge in [-0.05, 0) is 25.1 Å². The van der Waals surface area contributed by atoms with Gasteiger partial charge in [-0.3, -0.25) is 9.59 Å². The summed E-state index contributed by atoms with van der Waals surface area (Å²) in [5.74, 6) is -0.567. The van der Waals surface area contributed by atoms with E-state index in [9.17, 15) is 9.59 Å². The lowest BCUT2D eigenvalue weighted by Gasteiger charge is -2.12. The summed E-state index contributed by atoms with van der Waals surface area (Å²) in [4.78, 5) is 22.3. The maximum atomic E-state index is 11.2. The van der Waals surface area contributed by atoms with Crippen LogP contribution in [0, 0.1) is 0 Å². The van der Waals surface area contributed by atoms with Crippen molar-refractivity contribution < 1.29 is 14.3 Å². The minimum Gasteiger partial charge on any atom is -0.465 e. The van der Waals surface area contributed by atoms with Crippen LogP contribution in [0.15, 0.2) is 18.2 Å². The molecule has 0 aliphatic rings. The van der Waals surface area contributed by atoms with Crippen molar-refractivity contribution in [3.8, 4) is 0 Å². The highest BCUT2D eigenvalue weighted by Crippen LogP contribution is 2.25. The van der Waals surface area contributed by atoms with Gasteiger partial charge < -0.3 is 15.4 Å². The van der Waals surface area contributed by atoms with E-state index < -0.39 is 0 Å². The molecule has 0 saturated heterocycles. The second kappa shape index (κ2) is 6.86. The van der Waals surface area contributed by atoms with Crippen LogP contribution >= 0.6 is 11.6 Å². The summed E-state index contributed by atoms with van der Waals surface area (Å²) in [6.45, 7) is 3.49. The van der Waals surface area contributed by atoms with Gasteiger partial charge in [-0.2, -0.15) is 0 Å². The molecule has 0 saturated carbocycles. The van der Waals surface area contributed by atoms with E-state index in [0.29, 0.717) is 23.0 Å². The predicted molar refractivity (Wildman–Crippen MR) is 70.9 cm³/mol. The molecule has 0 aliphatic carbocycles. The monoisotopic (exact) mass is 270 g/mol. The van der Waals surface area contributed by atoms with Crippen LogP contribution in [0.4, 0.5) is 11.4 Å². The van der Waals surface area contributed by atoms with Gasteiger partial charge in [0.1, 0.15) is 6.54 Å². The molecule has 0 radical (unpaired) electrons. The van der Waals surface area contributed by atoms with Crippen molar-refractivity contribution in [1.82, 2.24) is 0 Å². The van der Waals surface area contributed by atoms with Crippen LogP contribution in [0.2, 0.25) is 5.02 Å². The summed E-state index contributed by atoms with van der Waals surface area (Å²) >= 11 is 5.86. The van der Waals surface area contributed by atoms with E-state index in [4.69, 9.17) is 16.3 Å². The molecule has 18 heavy (non-hydrogen) atoms. The first-order valence-electron chi connectivity index (χ1n) is 5.49. The Balaban J connectivity index is 2.75. The zero-order chi connectivity index (χ0) is 13.5. The van der Waals surface area contributed by atoms with E-state index in [2.05, 4.69) is 10.6 Å². The molecule has 0 heterocycles. The fraction of sp³-hybridized carbons (Fsp3) is 0.333. The quantitative estimate of drug-likeness (QED) is 0.806. The van der Waals surface area contributed by atoms with Gasteiger partial charge in [0.2, 0.25) is 5.91 Å². The molecule has 0 bridgehead atoms. The van der Waals surface area contributed by atoms with Crippen LogP contribution in [0.1, 0.15) is 13.8 Å². The predicted octanol–water partition coefficient (Wildman–Crippen LogP) is 2.27. The topological polar surface area (TPSA) is 67.4 Å². The smallest absolute Gasteiger partial charge is 0.325 e. The van der Waals surface area contributed by atoms with E-state index in [-0.39, 0.29) is 18.4 Å². The first-order chi connectivity index (χ1) is 8.52. The molecule has 5 nitrogen and oxygen atoms in total. The molecule has 1 aromatic carbocycles. The molecule has 98 valence electrons. The number of ether oxygens (including phenoxy) is 1. The Morgan fingerprint density at radius 3 is 2.67 bits per heavy atom. The highest BCUT2D eigenvalue weighted by atomic mass is 35.5. The van der Waals surface area contributed by atoms with Crippen LogP contribution < -0.4 is 10.6 Å². The lowest BCUT2D eigenvalue weighted by Crippen LogP contribution is -2.18. The van der Waals surface area contributed by atoms with Crippen molar-refractivity contribution in [2.75, 3.05) is 23.8 Å². The van der Waals surface area contributed by atoms with Gasteiger partial charge in [-0.25, -0.2) is 0 Å². The molecule has 0 aliphatic heterocycles. The van der Waals surface area contributed by atoms with E-state index in [1.165, 1.54) is 6.92 Å². The first-order valence-corrected chi connectivity index (χ1v) is 5.87. The number of anilines is 2. The van der Waals surface area contributed by atoms with Gasteiger partial charge in [-0.1, -0.05) is 11.6 Å². The highest BCUT2D eigenvalue weighted by Gasteiger charge is 2.07. The largest absolute Gasteiger partial charge is 0.465 e. The average molecular weight is 271 g/mol. The third-order valence-electron chi connectivity index (χ3n) is 2.02. The summed E-state index contributed by atoms with van der Waals surface area (Å²) in [5, 5.41) is 6.02. The van der Waals surface area contributed by atoms with Crippen molar-refractivity contribution in [3.63, 3.8) is 0 Å². The van der Waals surface area contributed by atoms with Crippen LogP contribution in [-0.4, -0.2) is 25.0 Å². The minimum absolute atomic E-state index is 0.0146. The van der Waals surface area contributed by atoms with Crippen LogP contribution in [0.25, 0.3) is 0 Å². The van der Waals surface area contributed by atoms with Crippen molar-refractivity contribution in [1.29, 1.82) is 0 Å².